The largest absolute Gasteiger partial charge is 0.348 e. The van der Waals surface area contributed by atoms with Crippen molar-refractivity contribution in [3.05, 3.63) is 0 Å². The fraction of sp³-hybridized carbons (Fsp3) is 1.00. The summed E-state index contributed by atoms with van der Waals surface area (Å²) in [7, 11) is -9.74. The first kappa shape index (κ1) is 15.2. The highest BCUT2D eigenvalue weighted by Crippen LogP contribution is 1.77. The molecule has 0 unspecified atom stereocenters. The maximum absolute atomic E-state index is 9.55. The van der Waals surface area contributed by atoms with Crippen LogP contribution in [0.15, 0.2) is 0 Å². The number of rotatable bonds is 3. The van der Waals surface area contributed by atoms with Crippen molar-refractivity contribution in [1.82, 2.24) is 4.13 Å². The molecule has 0 aromatic rings. The third kappa shape index (κ3) is 24.5. The summed E-state index contributed by atoms with van der Waals surface area (Å²) in [5.41, 5.74) is 5.03. The van der Waals surface area contributed by atoms with Crippen molar-refractivity contribution in [2.45, 2.75) is 13.3 Å². The quantitative estimate of drug-likeness (QED) is 0.437. The molecule has 0 atom stereocenters. The van der Waals surface area contributed by atoms with Gasteiger partial charge < -0.3 is 5.73 Å². The molecule has 0 aliphatic rings. The van der Waals surface area contributed by atoms with Crippen molar-refractivity contribution in [3.63, 3.8) is 0 Å². The fourth-order valence-corrected chi connectivity index (χ4v) is 1.20. The van der Waals surface area contributed by atoms with E-state index in [1.165, 1.54) is 0 Å². The van der Waals surface area contributed by atoms with E-state index in [0.29, 0.717) is 4.13 Å². The van der Waals surface area contributed by atoms with E-state index >= 15 is 0 Å². The van der Waals surface area contributed by atoms with Crippen LogP contribution in [0.4, 0.5) is 0 Å². The van der Waals surface area contributed by atoms with Gasteiger partial charge in [0, 0.05) is 0 Å². The minimum absolute atomic E-state index is 0.514. The second-order valence-electron chi connectivity index (χ2n) is 1.82. The van der Waals surface area contributed by atoms with E-state index in [1.54, 1.807) is 0 Å². The Morgan fingerprint density at radius 1 is 1.15 bits per heavy atom. The third-order valence-corrected chi connectivity index (χ3v) is 2.18. The molecule has 0 saturated heterocycles. The number of hydrogen-bond donors (Lipinski definition) is 4. The number of nitrogens with one attached hydrogen (secondary N) is 1. The van der Waals surface area contributed by atoms with E-state index in [9.17, 15) is 16.8 Å². The van der Waals surface area contributed by atoms with Crippen molar-refractivity contribution in [2.75, 3.05) is 6.54 Å². The average Bonchev–Trinajstić information content (AvgIpc) is 1.80. The van der Waals surface area contributed by atoms with Crippen LogP contribution in [0.25, 0.3) is 0 Å². The molecule has 0 spiro atoms. The molecule has 5 N–H and O–H groups in total. The Hall–Kier alpha value is -0.260. The molecule has 0 radical (unpaired) electrons. The van der Waals surface area contributed by atoms with E-state index in [2.05, 4.69) is 6.92 Å². The second kappa shape index (κ2) is 6.23. The summed E-state index contributed by atoms with van der Waals surface area (Å²) in [4.78, 5) is 0. The van der Waals surface area contributed by atoms with E-state index in [-0.39, 0.29) is 0 Å². The minimum Gasteiger partial charge on any atom is -0.330 e. The predicted molar refractivity (Wildman–Crippen MR) is 45.6 cm³/mol. The standard InChI is InChI=1S/C3H9N.H3NO6S2/c1-2-3-4;2-8(3,4)1-9(5,6)7/h2-4H2,1H3;1H,(H,2,3,4)(H,5,6,7). The summed E-state index contributed by atoms with van der Waals surface area (Å²) in [6, 6.07) is 0. The Bertz CT molecular complexity index is 273. The van der Waals surface area contributed by atoms with Gasteiger partial charge in [0.15, 0.2) is 0 Å². The maximum Gasteiger partial charge on any atom is 0.348 e. The van der Waals surface area contributed by atoms with Gasteiger partial charge in [-0.2, -0.15) is 16.8 Å². The van der Waals surface area contributed by atoms with Crippen molar-refractivity contribution in [3.8, 4) is 0 Å². The van der Waals surface area contributed by atoms with Crippen molar-refractivity contribution >= 4 is 20.6 Å². The Morgan fingerprint density at radius 2 is 1.38 bits per heavy atom. The van der Waals surface area contributed by atoms with Gasteiger partial charge in [0.25, 0.3) is 0 Å². The smallest absolute Gasteiger partial charge is 0.330 e. The lowest BCUT2D eigenvalue weighted by molar-refractivity contribution is 0.456. The van der Waals surface area contributed by atoms with Gasteiger partial charge in [0.2, 0.25) is 0 Å². The lowest BCUT2D eigenvalue weighted by Gasteiger charge is -1.91. The Labute approximate surface area is 76.9 Å². The van der Waals surface area contributed by atoms with Gasteiger partial charge in [0.05, 0.1) is 0 Å². The summed E-state index contributed by atoms with van der Waals surface area (Å²) >= 11 is 0. The molecule has 10 heteroatoms. The molecular weight excluding hydrogens is 224 g/mol. The van der Waals surface area contributed by atoms with Gasteiger partial charge in [-0.15, -0.1) is 0 Å². The molecule has 0 heterocycles. The molecule has 0 bridgehead atoms. The first-order valence-corrected chi connectivity index (χ1v) is 5.94. The van der Waals surface area contributed by atoms with Gasteiger partial charge in [0.1, 0.15) is 0 Å². The van der Waals surface area contributed by atoms with Crippen molar-refractivity contribution < 1.29 is 25.9 Å². The first-order chi connectivity index (χ1) is 5.62. The zero-order chi connectivity index (χ0) is 11.1. The van der Waals surface area contributed by atoms with Crippen LogP contribution in [0.1, 0.15) is 13.3 Å². The molecule has 0 amide bonds. The lowest BCUT2D eigenvalue weighted by Crippen LogP contribution is -2.28. The van der Waals surface area contributed by atoms with Gasteiger partial charge in [-0.05, 0) is 13.0 Å². The van der Waals surface area contributed by atoms with Crippen LogP contribution in [0.5, 0.6) is 0 Å². The number of nitrogens with two attached hydrogens (primary N) is 1. The third-order valence-electron chi connectivity index (χ3n) is 0.499. The summed E-state index contributed by atoms with van der Waals surface area (Å²) in [6.45, 7) is 2.88. The van der Waals surface area contributed by atoms with E-state index in [4.69, 9.17) is 14.8 Å². The van der Waals surface area contributed by atoms with Gasteiger partial charge >= 0.3 is 20.6 Å². The molecule has 0 aromatic heterocycles. The zero-order valence-corrected chi connectivity index (χ0v) is 8.47. The molecule has 13 heavy (non-hydrogen) atoms. The van der Waals surface area contributed by atoms with E-state index in [0.717, 1.165) is 13.0 Å². The molecule has 0 fully saturated rings. The zero-order valence-electron chi connectivity index (χ0n) is 6.84. The number of hydrogen-bond acceptors (Lipinski definition) is 5. The van der Waals surface area contributed by atoms with Crippen LogP contribution in [0.3, 0.4) is 0 Å². The highest BCUT2D eigenvalue weighted by molar-refractivity contribution is 7.99. The molecule has 0 rings (SSSR count). The normalized spacial score (nSPS) is 11.7. The molecule has 0 aliphatic heterocycles. The monoisotopic (exact) mass is 236 g/mol. The maximum atomic E-state index is 9.55. The van der Waals surface area contributed by atoms with Crippen LogP contribution >= 0.6 is 0 Å². The summed E-state index contributed by atoms with van der Waals surface area (Å²) in [5, 5.41) is 0. The fourth-order valence-electron chi connectivity index (χ4n) is 0.133. The van der Waals surface area contributed by atoms with Gasteiger partial charge in [-0.1, -0.05) is 11.1 Å². The van der Waals surface area contributed by atoms with E-state index in [1.807, 2.05) is 0 Å². The highest BCUT2D eigenvalue weighted by atomic mass is 32.3. The minimum atomic E-state index is -4.87. The van der Waals surface area contributed by atoms with Crippen molar-refractivity contribution in [2.24, 2.45) is 5.73 Å². The first-order valence-electron chi connectivity index (χ1n) is 3.06. The highest BCUT2D eigenvalue weighted by Gasteiger charge is 2.12. The van der Waals surface area contributed by atoms with Crippen LogP contribution < -0.4 is 9.86 Å². The molecule has 0 saturated carbocycles. The summed E-state index contributed by atoms with van der Waals surface area (Å²) < 4.78 is 54.1. The van der Waals surface area contributed by atoms with Crippen molar-refractivity contribution in [1.29, 1.82) is 0 Å². The molecule has 0 aliphatic carbocycles. The van der Waals surface area contributed by atoms with Gasteiger partial charge in [-0.3, -0.25) is 9.11 Å². The van der Waals surface area contributed by atoms with Crippen LogP contribution in [0, 0.1) is 0 Å². The van der Waals surface area contributed by atoms with Gasteiger partial charge in [-0.25, -0.2) is 0 Å². The summed E-state index contributed by atoms with van der Waals surface area (Å²) in [5.74, 6) is 0. The molecular formula is C3H12N2O6S2. The Balaban J connectivity index is 0. The Kier molecular flexibility index (Phi) is 7.30. The van der Waals surface area contributed by atoms with E-state index < -0.39 is 20.6 Å². The SMILES string of the molecule is CCCN.O=S(=O)(O)NS(=O)(=O)O. The molecule has 0 aromatic carbocycles. The lowest BCUT2D eigenvalue weighted by atomic mass is 10.5. The molecule has 8 nitrogen and oxygen atoms in total. The Morgan fingerprint density at radius 3 is 1.38 bits per heavy atom. The predicted octanol–water partition coefficient (Wildman–Crippen LogP) is -1.46. The summed E-state index contributed by atoms with van der Waals surface area (Å²) in [6.07, 6.45) is 1.10. The second-order valence-corrected chi connectivity index (χ2v) is 4.39. The van der Waals surface area contributed by atoms with Crippen LogP contribution in [-0.4, -0.2) is 32.5 Å². The van der Waals surface area contributed by atoms with Crippen LogP contribution in [-0.2, 0) is 20.6 Å². The molecule has 82 valence electrons. The average molecular weight is 236 g/mol. The van der Waals surface area contributed by atoms with Crippen LogP contribution in [0.2, 0.25) is 0 Å². The topological polar surface area (TPSA) is 147 Å².